The molecule has 0 bridgehead atoms. The molecule has 0 saturated heterocycles. The first kappa shape index (κ1) is 21.9. The fourth-order valence-corrected chi connectivity index (χ4v) is 3.80. The Hall–Kier alpha value is -2.82. The summed E-state index contributed by atoms with van der Waals surface area (Å²) in [6.07, 6.45) is 0.126. The summed E-state index contributed by atoms with van der Waals surface area (Å²) >= 11 is 0. The van der Waals surface area contributed by atoms with Gasteiger partial charge in [-0.2, -0.15) is 0 Å². The lowest BCUT2D eigenvalue weighted by atomic mass is 9.98. The maximum Gasteiger partial charge on any atom is 0.407 e. The minimum Gasteiger partial charge on any atom is -0.458 e. The summed E-state index contributed by atoms with van der Waals surface area (Å²) in [5, 5.41) is 2.73. The van der Waals surface area contributed by atoms with Crippen LogP contribution in [-0.2, 0) is 14.3 Å². The van der Waals surface area contributed by atoms with E-state index in [0.717, 1.165) is 17.5 Å². The van der Waals surface area contributed by atoms with E-state index in [2.05, 4.69) is 29.6 Å². The first-order chi connectivity index (χ1) is 14.2. The van der Waals surface area contributed by atoms with Crippen LogP contribution in [0.25, 0.3) is 11.1 Å². The molecule has 2 atom stereocenters. The van der Waals surface area contributed by atoms with E-state index >= 15 is 0 Å². The first-order valence-corrected chi connectivity index (χ1v) is 10.6. The van der Waals surface area contributed by atoms with Crippen molar-refractivity contribution in [2.24, 2.45) is 5.92 Å². The monoisotopic (exact) mass is 409 g/mol. The molecule has 5 nitrogen and oxygen atoms in total. The second-order valence-corrected chi connectivity index (χ2v) is 8.87. The van der Waals surface area contributed by atoms with E-state index in [0.29, 0.717) is 0 Å². The second-order valence-electron chi connectivity index (χ2n) is 8.87. The van der Waals surface area contributed by atoms with Crippen LogP contribution in [0.15, 0.2) is 48.5 Å². The summed E-state index contributed by atoms with van der Waals surface area (Å²) in [6.45, 7) is 9.53. The molecule has 0 fully saturated rings. The SMILES string of the molecule is CC[C@H](C)[C@H](NC(=O)OCC1c2ccccc2-c2ccccc21)C(=O)OC(C)(C)C. The van der Waals surface area contributed by atoms with Gasteiger partial charge in [-0.1, -0.05) is 68.8 Å². The van der Waals surface area contributed by atoms with Crippen LogP contribution in [0.1, 0.15) is 58.1 Å². The highest BCUT2D eigenvalue weighted by molar-refractivity contribution is 5.82. The Morgan fingerprint density at radius 3 is 2.03 bits per heavy atom. The molecule has 0 radical (unpaired) electrons. The molecule has 2 aromatic rings. The van der Waals surface area contributed by atoms with Crippen LogP contribution in [-0.4, -0.2) is 30.3 Å². The average Bonchev–Trinajstić information content (AvgIpc) is 3.02. The van der Waals surface area contributed by atoms with Gasteiger partial charge in [0.25, 0.3) is 0 Å². The molecule has 0 aromatic heterocycles. The van der Waals surface area contributed by atoms with Gasteiger partial charge in [0, 0.05) is 5.92 Å². The highest BCUT2D eigenvalue weighted by atomic mass is 16.6. The highest BCUT2D eigenvalue weighted by Crippen LogP contribution is 2.44. The zero-order valence-corrected chi connectivity index (χ0v) is 18.4. The van der Waals surface area contributed by atoms with Crippen LogP contribution in [0.3, 0.4) is 0 Å². The summed E-state index contributed by atoms with van der Waals surface area (Å²) in [7, 11) is 0. The number of rotatable bonds is 6. The number of alkyl carbamates (subject to hydrolysis) is 1. The molecule has 1 aliphatic carbocycles. The van der Waals surface area contributed by atoms with E-state index < -0.39 is 23.7 Å². The van der Waals surface area contributed by atoms with E-state index in [-0.39, 0.29) is 18.4 Å². The average molecular weight is 410 g/mol. The second kappa shape index (κ2) is 8.90. The topological polar surface area (TPSA) is 64.6 Å². The smallest absolute Gasteiger partial charge is 0.407 e. The Morgan fingerprint density at radius 2 is 1.53 bits per heavy atom. The molecule has 0 saturated carbocycles. The van der Waals surface area contributed by atoms with E-state index in [1.807, 2.05) is 58.9 Å². The van der Waals surface area contributed by atoms with E-state index in [4.69, 9.17) is 9.47 Å². The van der Waals surface area contributed by atoms with Gasteiger partial charge in [0.2, 0.25) is 0 Å². The summed E-state index contributed by atoms with van der Waals surface area (Å²) in [6, 6.07) is 15.6. The molecule has 0 heterocycles. The number of amides is 1. The fourth-order valence-electron chi connectivity index (χ4n) is 3.80. The van der Waals surface area contributed by atoms with Gasteiger partial charge >= 0.3 is 12.1 Å². The van der Waals surface area contributed by atoms with Gasteiger partial charge in [-0.3, -0.25) is 0 Å². The van der Waals surface area contributed by atoms with Crippen LogP contribution in [0, 0.1) is 5.92 Å². The van der Waals surface area contributed by atoms with Gasteiger partial charge in [0.15, 0.2) is 0 Å². The van der Waals surface area contributed by atoms with Crippen molar-refractivity contribution in [1.29, 1.82) is 0 Å². The van der Waals surface area contributed by atoms with Gasteiger partial charge in [0.1, 0.15) is 18.2 Å². The van der Waals surface area contributed by atoms with Crippen molar-refractivity contribution in [3.63, 3.8) is 0 Å². The molecule has 3 rings (SSSR count). The van der Waals surface area contributed by atoms with Gasteiger partial charge in [-0.15, -0.1) is 0 Å². The molecular formula is C25H31NO4. The third-order valence-electron chi connectivity index (χ3n) is 5.49. The summed E-state index contributed by atoms with van der Waals surface area (Å²) in [4.78, 5) is 25.2. The molecule has 0 spiro atoms. The van der Waals surface area contributed by atoms with Crippen molar-refractivity contribution in [3.05, 3.63) is 59.7 Å². The zero-order valence-electron chi connectivity index (χ0n) is 18.4. The van der Waals surface area contributed by atoms with E-state index in [9.17, 15) is 9.59 Å². The highest BCUT2D eigenvalue weighted by Gasteiger charge is 2.32. The van der Waals surface area contributed by atoms with Crippen LogP contribution in [0.5, 0.6) is 0 Å². The van der Waals surface area contributed by atoms with Crippen LogP contribution >= 0.6 is 0 Å². The molecule has 0 unspecified atom stereocenters. The molecule has 1 aliphatic rings. The number of fused-ring (bicyclic) bond motifs is 3. The van der Waals surface area contributed by atoms with Crippen LogP contribution < -0.4 is 5.32 Å². The number of hydrogen-bond donors (Lipinski definition) is 1. The Kier molecular flexibility index (Phi) is 6.49. The van der Waals surface area contributed by atoms with Crippen LogP contribution in [0.4, 0.5) is 4.79 Å². The number of carbonyl (C=O) groups excluding carboxylic acids is 2. The summed E-state index contributed by atoms with van der Waals surface area (Å²) < 4.78 is 11.1. The maximum absolute atomic E-state index is 12.6. The van der Waals surface area contributed by atoms with Crippen molar-refractivity contribution in [1.82, 2.24) is 5.32 Å². The summed E-state index contributed by atoms with van der Waals surface area (Å²) in [5.41, 5.74) is 4.03. The number of nitrogens with one attached hydrogen (secondary N) is 1. The van der Waals surface area contributed by atoms with Gasteiger partial charge in [-0.25, -0.2) is 9.59 Å². The number of hydrogen-bond acceptors (Lipinski definition) is 4. The maximum atomic E-state index is 12.6. The largest absolute Gasteiger partial charge is 0.458 e. The lowest BCUT2D eigenvalue weighted by molar-refractivity contribution is -0.158. The molecule has 30 heavy (non-hydrogen) atoms. The third-order valence-corrected chi connectivity index (χ3v) is 5.49. The van der Waals surface area contributed by atoms with Gasteiger partial charge in [-0.05, 0) is 48.9 Å². The number of ether oxygens (including phenoxy) is 2. The minimum atomic E-state index is -0.745. The van der Waals surface area contributed by atoms with Crippen LogP contribution in [0.2, 0.25) is 0 Å². The first-order valence-electron chi connectivity index (χ1n) is 10.6. The van der Waals surface area contributed by atoms with Crippen molar-refractivity contribution in [2.75, 3.05) is 6.61 Å². The normalized spacial score (nSPS) is 15.0. The predicted octanol–water partition coefficient (Wildman–Crippen LogP) is 5.28. The lowest BCUT2D eigenvalue weighted by Crippen LogP contribution is -2.48. The standard InChI is InChI=1S/C25H31NO4/c1-6-16(2)22(23(27)30-25(3,4)5)26-24(28)29-15-21-19-13-9-7-11-17(19)18-12-8-10-14-20(18)21/h7-14,16,21-22H,6,15H2,1-5H3,(H,26,28)/t16-,22-/m0/s1. The Bertz CT molecular complexity index is 870. The van der Waals surface area contributed by atoms with Crippen molar-refractivity contribution in [2.45, 2.75) is 58.6 Å². The molecule has 5 heteroatoms. The van der Waals surface area contributed by atoms with E-state index in [1.54, 1.807) is 0 Å². The van der Waals surface area contributed by atoms with Gasteiger partial charge in [0.05, 0.1) is 0 Å². The molecular weight excluding hydrogens is 378 g/mol. The Morgan fingerprint density at radius 1 is 1.00 bits per heavy atom. The predicted molar refractivity (Wildman–Crippen MR) is 117 cm³/mol. The van der Waals surface area contributed by atoms with Crippen molar-refractivity contribution < 1.29 is 19.1 Å². The fraction of sp³-hybridized carbons (Fsp3) is 0.440. The van der Waals surface area contributed by atoms with Crippen molar-refractivity contribution >= 4 is 12.1 Å². The quantitative estimate of drug-likeness (QED) is 0.659. The lowest BCUT2D eigenvalue weighted by Gasteiger charge is -2.27. The Labute approximate surface area is 178 Å². The summed E-state index contributed by atoms with van der Waals surface area (Å²) in [5.74, 6) is -0.530. The third kappa shape index (κ3) is 4.84. The number of carbonyl (C=O) groups is 2. The molecule has 2 aromatic carbocycles. The molecule has 160 valence electrons. The Balaban J connectivity index is 1.69. The molecule has 0 aliphatic heterocycles. The van der Waals surface area contributed by atoms with Crippen molar-refractivity contribution in [3.8, 4) is 11.1 Å². The zero-order chi connectivity index (χ0) is 21.9. The van der Waals surface area contributed by atoms with E-state index in [1.165, 1.54) is 11.1 Å². The minimum absolute atomic E-state index is 0.0216. The number of esters is 1. The number of benzene rings is 2. The van der Waals surface area contributed by atoms with Gasteiger partial charge < -0.3 is 14.8 Å². The molecule has 1 N–H and O–H groups in total. The molecule has 1 amide bonds.